The average molecular weight is 439 g/mol. The number of carbonyl (C=O) groups excluding carboxylic acids is 1. The van der Waals surface area contributed by atoms with Gasteiger partial charge >= 0.3 is 0 Å². The van der Waals surface area contributed by atoms with E-state index in [1.165, 1.54) is 42.7 Å². The molecule has 7 heteroatoms. The smallest absolute Gasteiger partial charge is 0.264 e. The molecule has 6 nitrogen and oxygen atoms in total. The summed E-state index contributed by atoms with van der Waals surface area (Å²) in [5.74, 6) is 0.376. The first-order chi connectivity index (χ1) is 14.8. The van der Waals surface area contributed by atoms with E-state index in [9.17, 15) is 13.2 Å². The Morgan fingerprint density at radius 3 is 2.23 bits per heavy atom. The molecule has 0 aliphatic rings. The Labute approximate surface area is 183 Å². The molecule has 3 aromatic rings. The quantitative estimate of drug-likeness (QED) is 0.576. The van der Waals surface area contributed by atoms with Crippen molar-refractivity contribution < 1.29 is 17.9 Å². The number of para-hydroxylation sites is 2. The molecule has 0 aliphatic carbocycles. The standard InChI is InChI=1S/C24H26N2O4S/c1-18(19-9-5-4-6-10-19)17-25-24(27)20-13-15-21(16-14-20)31(28,29)26(2)22-11-7-8-12-23(22)30-3/h4-16,18H,17H2,1-3H3,(H,25,27). The zero-order valence-electron chi connectivity index (χ0n) is 17.8. The van der Waals surface area contributed by atoms with Crippen LogP contribution >= 0.6 is 0 Å². The number of amides is 1. The normalized spacial score (nSPS) is 12.1. The van der Waals surface area contributed by atoms with Crippen molar-refractivity contribution in [3.8, 4) is 5.75 Å². The van der Waals surface area contributed by atoms with Crippen LogP contribution in [-0.2, 0) is 10.0 Å². The predicted octanol–water partition coefficient (Wildman–Crippen LogP) is 4.05. The molecule has 162 valence electrons. The highest BCUT2D eigenvalue weighted by atomic mass is 32.2. The van der Waals surface area contributed by atoms with E-state index in [0.29, 0.717) is 23.5 Å². The van der Waals surface area contributed by atoms with Crippen molar-refractivity contribution >= 4 is 21.6 Å². The maximum absolute atomic E-state index is 13.0. The number of carbonyl (C=O) groups is 1. The first-order valence-electron chi connectivity index (χ1n) is 9.89. The molecule has 0 heterocycles. The average Bonchev–Trinajstić information content (AvgIpc) is 2.82. The molecule has 0 aliphatic heterocycles. The number of anilines is 1. The molecule has 0 saturated carbocycles. The van der Waals surface area contributed by atoms with Crippen LogP contribution in [0.2, 0.25) is 0 Å². The summed E-state index contributed by atoms with van der Waals surface area (Å²) in [6, 6.07) is 22.7. The fourth-order valence-corrected chi connectivity index (χ4v) is 4.41. The van der Waals surface area contributed by atoms with Crippen molar-refractivity contribution in [2.75, 3.05) is 25.0 Å². The first-order valence-corrected chi connectivity index (χ1v) is 11.3. The molecule has 0 fully saturated rings. The molecular formula is C24H26N2O4S. The molecule has 1 unspecified atom stereocenters. The molecule has 1 amide bonds. The lowest BCUT2D eigenvalue weighted by atomic mass is 10.0. The number of hydrogen-bond donors (Lipinski definition) is 1. The fraction of sp³-hybridized carbons (Fsp3) is 0.208. The SMILES string of the molecule is COc1ccccc1N(C)S(=O)(=O)c1ccc(C(=O)NCC(C)c2ccccc2)cc1. The van der Waals surface area contributed by atoms with Crippen molar-refractivity contribution in [2.45, 2.75) is 17.7 Å². The molecule has 3 rings (SSSR count). The summed E-state index contributed by atoms with van der Waals surface area (Å²) in [6.45, 7) is 2.53. The Bertz CT molecular complexity index is 1130. The molecule has 1 atom stereocenters. The Morgan fingerprint density at radius 1 is 0.968 bits per heavy atom. The molecule has 31 heavy (non-hydrogen) atoms. The monoisotopic (exact) mass is 438 g/mol. The summed E-state index contributed by atoms with van der Waals surface area (Å²) < 4.78 is 32.5. The van der Waals surface area contributed by atoms with Gasteiger partial charge in [0.1, 0.15) is 5.75 Å². The van der Waals surface area contributed by atoms with Crippen LogP contribution < -0.4 is 14.4 Å². The molecule has 0 aromatic heterocycles. The minimum atomic E-state index is -3.81. The van der Waals surface area contributed by atoms with Crippen LogP contribution in [0.25, 0.3) is 0 Å². The lowest BCUT2D eigenvalue weighted by molar-refractivity contribution is 0.0951. The van der Waals surface area contributed by atoms with Gasteiger partial charge in [-0.25, -0.2) is 8.42 Å². The Hall–Kier alpha value is -3.32. The summed E-state index contributed by atoms with van der Waals surface area (Å²) in [7, 11) is -0.845. The first kappa shape index (κ1) is 22.4. The number of hydrogen-bond acceptors (Lipinski definition) is 4. The van der Waals surface area contributed by atoms with Gasteiger partial charge in [-0.15, -0.1) is 0 Å². The van der Waals surface area contributed by atoms with Crippen LogP contribution in [0.3, 0.4) is 0 Å². The topological polar surface area (TPSA) is 75.7 Å². The van der Waals surface area contributed by atoms with E-state index in [2.05, 4.69) is 5.32 Å². The van der Waals surface area contributed by atoms with E-state index in [1.807, 2.05) is 37.3 Å². The predicted molar refractivity (Wildman–Crippen MR) is 122 cm³/mol. The van der Waals surface area contributed by atoms with Crippen molar-refractivity contribution in [3.63, 3.8) is 0 Å². The van der Waals surface area contributed by atoms with Crippen LogP contribution in [0.5, 0.6) is 5.75 Å². The maximum atomic E-state index is 13.0. The van der Waals surface area contributed by atoms with Crippen LogP contribution in [0.1, 0.15) is 28.8 Å². The van der Waals surface area contributed by atoms with Gasteiger partial charge < -0.3 is 10.1 Å². The lowest BCUT2D eigenvalue weighted by Gasteiger charge is -2.21. The van der Waals surface area contributed by atoms with Gasteiger partial charge in [-0.2, -0.15) is 0 Å². The molecule has 3 aromatic carbocycles. The van der Waals surface area contributed by atoms with Gasteiger partial charge in [0.05, 0.1) is 17.7 Å². The van der Waals surface area contributed by atoms with E-state index in [1.54, 1.807) is 24.3 Å². The zero-order chi connectivity index (χ0) is 22.4. The minimum Gasteiger partial charge on any atom is -0.495 e. The van der Waals surface area contributed by atoms with E-state index in [4.69, 9.17) is 4.74 Å². The van der Waals surface area contributed by atoms with Crippen molar-refractivity contribution in [1.82, 2.24) is 5.32 Å². The van der Waals surface area contributed by atoms with Gasteiger partial charge in [-0.1, -0.05) is 49.4 Å². The van der Waals surface area contributed by atoms with E-state index < -0.39 is 10.0 Å². The van der Waals surface area contributed by atoms with Crippen LogP contribution in [-0.4, -0.2) is 35.0 Å². The van der Waals surface area contributed by atoms with Crippen molar-refractivity contribution in [3.05, 3.63) is 90.0 Å². The third-order valence-electron chi connectivity index (χ3n) is 5.14. The zero-order valence-corrected chi connectivity index (χ0v) is 18.6. The van der Waals surface area contributed by atoms with Crippen molar-refractivity contribution in [1.29, 1.82) is 0 Å². The van der Waals surface area contributed by atoms with Gasteiger partial charge in [-0.3, -0.25) is 9.10 Å². The number of sulfonamides is 1. The molecule has 0 saturated heterocycles. The van der Waals surface area contributed by atoms with Gasteiger partial charge in [0, 0.05) is 19.2 Å². The molecular weight excluding hydrogens is 412 g/mol. The minimum absolute atomic E-state index is 0.0927. The highest BCUT2D eigenvalue weighted by molar-refractivity contribution is 7.92. The second-order valence-corrected chi connectivity index (χ2v) is 9.16. The summed E-state index contributed by atoms with van der Waals surface area (Å²) in [6.07, 6.45) is 0. The Kier molecular flexibility index (Phi) is 6.97. The van der Waals surface area contributed by atoms with Gasteiger partial charge in [-0.05, 0) is 47.9 Å². The number of ether oxygens (including phenoxy) is 1. The highest BCUT2D eigenvalue weighted by Gasteiger charge is 2.24. The maximum Gasteiger partial charge on any atom is 0.264 e. The van der Waals surface area contributed by atoms with Crippen LogP contribution in [0.15, 0.2) is 83.8 Å². The summed E-state index contributed by atoms with van der Waals surface area (Å²) in [4.78, 5) is 12.6. The van der Waals surface area contributed by atoms with Gasteiger partial charge in [0.25, 0.3) is 15.9 Å². The second-order valence-electron chi connectivity index (χ2n) is 7.19. The highest BCUT2D eigenvalue weighted by Crippen LogP contribution is 2.30. The lowest BCUT2D eigenvalue weighted by Crippen LogP contribution is -2.28. The summed E-state index contributed by atoms with van der Waals surface area (Å²) >= 11 is 0. The molecule has 1 N–H and O–H groups in total. The number of methoxy groups -OCH3 is 1. The number of benzene rings is 3. The largest absolute Gasteiger partial charge is 0.495 e. The number of rotatable bonds is 8. The van der Waals surface area contributed by atoms with Gasteiger partial charge in [0.15, 0.2) is 0 Å². The molecule has 0 spiro atoms. The second kappa shape index (κ2) is 9.66. The van der Waals surface area contributed by atoms with Crippen LogP contribution in [0.4, 0.5) is 5.69 Å². The fourth-order valence-electron chi connectivity index (χ4n) is 3.20. The molecule has 0 bridgehead atoms. The number of nitrogens with zero attached hydrogens (tertiary/aromatic N) is 1. The van der Waals surface area contributed by atoms with E-state index in [-0.39, 0.29) is 16.7 Å². The summed E-state index contributed by atoms with van der Waals surface area (Å²) in [5, 5.41) is 2.90. The van der Waals surface area contributed by atoms with Crippen molar-refractivity contribution in [2.24, 2.45) is 0 Å². The number of nitrogens with one attached hydrogen (secondary N) is 1. The third-order valence-corrected chi connectivity index (χ3v) is 6.92. The Morgan fingerprint density at radius 2 is 1.58 bits per heavy atom. The van der Waals surface area contributed by atoms with E-state index in [0.717, 1.165) is 5.56 Å². The van der Waals surface area contributed by atoms with Gasteiger partial charge in [0.2, 0.25) is 0 Å². The molecule has 0 radical (unpaired) electrons. The summed E-state index contributed by atoms with van der Waals surface area (Å²) in [5.41, 5.74) is 1.98. The Balaban J connectivity index is 1.70. The van der Waals surface area contributed by atoms with E-state index >= 15 is 0 Å². The third kappa shape index (κ3) is 5.06. The van der Waals surface area contributed by atoms with Crippen LogP contribution in [0, 0.1) is 0 Å².